The van der Waals surface area contributed by atoms with Gasteiger partial charge in [0.25, 0.3) is 0 Å². The minimum absolute atomic E-state index is 0.0694. The number of amides is 1. The predicted octanol–water partition coefficient (Wildman–Crippen LogP) is 2.28. The lowest BCUT2D eigenvalue weighted by molar-refractivity contribution is -0.144. The molecule has 0 heterocycles. The van der Waals surface area contributed by atoms with Crippen LogP contribution in [-0.2, 0) is 16.0 Å². The fourth-order valence-electron chi connectivity index (χ4n) is 5.47. The van der Waals surface area contributed by atoms with Crippen molar-refractivity contribution in [1.82, 2.24) is 0 Å². The number of fused-ring (bicyclic) bond motifs is 5. The number of aromatic hydroxyl groups is 1. The number of benzene rings is 1. The number of carbonyl (C=O) groups is 2. The smallest absolute Gasteiger partial charge is 0.231 e. The minimum Gasteiger partial charge on any atom is -0.508 e. The summed E-state index contributed by atoms with van der Waals surface area (Å²) in [6.07, 6.45) is 4.62. The van der Waals surface area contributed by atoms with Crippen molar-refractivity contribution in [3.8, 4) is 5.75 Å². The maximum absolute atomic E-state index is 12.4. The number of hydrogen-bond acceptors (Lipinski definition) is 3. The number of primary amides is 1. The van der Waals surface area contributed by atoms with Crippen LogP contribution in [0, 0.1) is 17.3 Å². The van der Waals surface area contributed by atoms with Gasteiger partial charge < -0.3 is 10.8 Å². The molecule has 0 saturated heterocycles. The van der Waals surface area contributed by atoms with Crippen molar-refractivity contribution in [1.29, 1.82) is 0 Å². The number of rotatable bonds is 1. The second-order valence-electron chi connectivity index (χ2n) is 7.13. The molecule has 22 heavy (non-hydrogen) atoms. The average Bonchev–Trinajstić information content (AvgIpc) is 2.85. The van der Waals surface area contributed by atoms with Crippen LogP contribution in [0.15, 0.2) is 18.2 Å². The number of aryl methyl sites for hydroxylation is 1. The summed E-state index contributed by atoms with van der Waals surface area (Å²) in [5.41, 5.74) is 7.30. The normalized spacial score (nSPS) is 36.4. The Bertz CT molecular complexity index is 668. The highest BCUT2D eigenvalue weighted by Gasteiger charge is 2.60. The molecule has 2 fully saturated rings. The van der Waals surface area contributed by atoms with Gasteiger partial charge >= 0.3 is 0 Å². The molecular formula is C18H21NO3. The summed E-state index contributed by atoms with van der Waals surface area (Å²) >= 11 is 0. The lowest BCUT2D eigenvalue weighted by Gasteiger charge is -2.48. The fourth-order valence-corrected chi connectivity index (χ4v) is 5.47. The molecule has 4 nitrogen and oxygen atoms in total. The van der Waals surface area contributed by atoms with Crippen LogP contribution in [-0.4, -0.2) is 16.8 Å². The molecule has 4 heteroatoms. The molecular weight excluding hydrogens is 278 g/mol. The topological polar surface area (TPSA) is 80.4 Å². The van der Waals surface area contributed by atoms with E-state index in [2.05, 4.69) is 0 Å². The standard InChI is InChI=1S/C18H21NO3/c19-17(22)18-8-7-13-12-4-2-11(20)9-10(12)1-3-14(13)15(18)5-6-16(18)21/h2,4,9,13-15,20H,1,3,5-8H2,(H2,19,22)/t13-,14-,15+,18-/m1/s1. The molecule has 2 saturated carbocycles. The number of nitrogens with two attached hydrogens (primary N) is 1. The zero-order valence-corrected chi connectivity index (χ0v) is 12.5. The molecule has 3 N–H and O–H groups in total. The first kappa shape index (κ1) is 13.8. The molecule has 1 aromatic rings. The van der Waals surface area contributed by atoms with Gasteiger partial charge in [-0.3, -0.25) is 9.59 Å². The minimum atomic E-state index is -0.893. The van der Waals surface area contributed by atoms with Crippen LogP contribution in [0.25, 0.3) is 0 Å². The summed E-state index contributed by atoms with van der Waals surface area (Å²) in [7, 11) is 0. The molecule has 1 amide bonds. The third-order valence-corrected chi connectivity index (χ3v) is 6.41. The molecule has 1 aromatic carbocycles. The molecule has 0 spiro atoms. The van der Waals surface area contributed by atoms with E-state index in [0.29, 0.717) is 30.4 Å². The molecule has 3 aliphatic rings. The van der Waals surface area contributed by atoms with Crippen LogP contribution in [0.1, 0.15) is 49.1 Å². The molecule has 4 atom stereocenters. The third-order valence-electron chi connectivity index (χ3n) is 6.41. The SMILES string of the molecule is NC(=O)[C@]12CC[C@@H]3c4ccc(O)cc4CC[C@H]3[C@@H]1CCC2=O. The van der Waals surface area contributed by atoms with Crippen LogP contribution < -0.4 is 5.73 Å². The zero-order chi connectivity index (χ0) is 15.5. The first-order valence-electron chi connectivity index (χ1n) is 8.19. The first-order chi connectivity index (χ1) is 10.5. The Morgan fingerprint density at radius 3 is 2.82 bits per heavy atom. The number of carbonyl (C=O) groups excluding carboxylic acids is 2. The van der Waals surface area contributed by atoms with Gasteiger partial charge in [-0.05, 0) is 73.1 Å². The lowest BCUT2D eigenvalue weighted by Crippen LogP contribution is -2.51. The van der Waals surface area contributed by atoms with Crippen LogP contribution in [0.3, 0.4) is 0 Å². The van der Waals surface area contributed by atoms with E-state index in [0.717, 1.165) is 25.7 Å². The van der Waals surface area contributed by atoms with Crippen LogP contribution in [0.5, 0.6) is 5.75 Å². The van der Waals surface area contributed by atoms with Gasteiger partial charge in [0.05, 0.1) is 0 Å². The van der Waals surface area contributed by atoms with Crippen molar-refractivity contribution < 1.29 is 14.7 Å². The summed E-state index contributed by atoms with van der Waals surface area (Å²) in [6.45, 7) is 0. The van der Waals surface area contributed by atoms with Crippen molar-refractivity contribution in [3.63, 3.8) is 0 Å². The van der Waals surface area contributed by atoms with Gasteiger partial charge in [0.15, 0.2) is 0 Å². The second kappa shape index (κ2) is 4.58. The van der Waals surface area contributed by atoms with Gasteiger partial charge in [-0.25, -0.2) is 0 Å². The Labute approximate surface area is 129 Å². The molecule has 0 unspecified atom stereocenters. The highest BCUT2D eigenvalue weighted by Crippen LogP contribution is 2.59. The molecule has 116 valence electrons. The number of Topliss-reactive ketones (excluding diaryl/α,β-unsaturated/α-hetero) is 1. The summed E-state index contributed by atoms with van der Waals surface area (Å²) in [5.74, 6) is 0.848. The largest absolute Gasteiger partial charge is 0.508 e. The maximum Gasteiger partial charge on any atom is 0.231 e. The number of ketones is 1. The van der Waals surface area contributed by atoms with Gasteiger partial charge in [-0.2, -0.15) is 0 Å². The van der Waals surface area contributed by atoms with Gasteiger partial charge in [0.1, 0.15) is 16.9 Å². The van der Waals surface area contributed by atoms with E-state index < -0.39 is 11.3 Å². The van der Waals surface area contributed by atoms with E-state index in [1.807, 2.05) is 12.1 Å². The quantitative estimate of drug-likeness (QED) is 0.781. The van der Waals surface area contributed by atoms with Crippen molar-refractivity contribution in [2.75, 3.05) is 0 Å². The molecule has 0 radical (unpaired) electrons. The van der Waals surface area contributed by atoms with E-state index >= 15 is 0 Å². The van der Waals surface area contributed by atoms with E-state index in [1.165, 1.54) is 11.1 Å². The lowest BCUT2D eigenvalue weighted by atomic mass is 9.54. The predicted molar refractivity (Wildman–Crippen MR) is 81.3 cm³/mol. The second-order valence-corrected chi connectivity index (χ2v) is 7.13. The van der Waals surface area contributed by atoms with Crippen molar-refractivity contribution in [2.24, 2.45) is 23.0 Å². The number of phenols is 1. The Hall–Kier alpha value is -1.84. The number of phenolic OH excluding ortho intramolecular Hbond substituents is 1. The molecule has 0 aromatic heterocycles. The average molecular weight is 299 g/mol. The Kier molecular flexibility index (Phi) is 2.87. The summed E-state index contributed by atoms with van der Waals surface area (Å²) in [5, 5.41) is 9.68. The van der Waals surface area contributed by atoms with Crippen molar-refractivity contribution >= 4 is 11.7 Å². The van der Waals surface area contributed by atoms with Gasteiger partial charge in [-0.1, -0.05) is 6.07 Å². The fraction of sp³-hybridized carbons (Fsp3) is 0.556. The molecule has 3 aliphatic carbocycles. The molecule has 4 rings (SSSR count). The first-order valence-corrected chi connectivity index (χ1v) is 8.19. The van der Waals surface area contributed by atoms with Gasteiger partial charge in [0.2, 0.25) is 5.91 Å². The molecule has 0 aliphatic heterocycles. The summed E-state index contributed by atoms with van der Waals surface area (Å²) < 4.78 is 0. The highest BCUT2D eigenvalue weighted by molar-refractivity contribution is 6.07. The van der Waals surface area contributed by atoms with Crippen molar-refractivity contribution in [3.05, 3.63) is 29.3 Å². The van der Waals surface area contributed by atoms with E-state index in [-0.39, 0.29) is 11.7 Å². The van der Waals surface area contributed by atoms with Crippen LogP contribution in [0.2, 0.25) is 0 Å². The zero-order valence-electron chi connectivity index (χ0n) is 12.5. The van der Waals surface area contributed by atoms with Crippen molar-refractivity contribution in [2.45, 2.75) is 44.4 Å². The Morgan fingerprint density at radius 2 is 2.05 bits per heavy atom. The molecule has 0 bridgehead atoms. The Balaban J connectivity index is 1.75. The highest BCUT2D eigenvalue weighted by atomic mass is 16.3. The van der Waals surface area contributed by atoms with E-state index in [9.17, 15) is 14.7 Å². The van der Waals surface area contributed by atoms with E-state index in [4.69, 9.17) is 5.73 Å². The third kappa shape index (κ3) is 1.64. The van der Waals surface area contributed by atoms with Crippen LogP contribution >= 0.6 is 0 Å². The summed E-state index contributed by atoms with van der Waals surface area (Å²) in [6, 6.07) is 5.63. The Morgan fingerprint density at radius 1 is 1.23 bits per heavy atom. The maximum atomic E-state index is 12.4. The summed E-state index contributed by atoms with van der Waals surface area (Å²) in [4.78, 5) is 24.5. The van der Waals surface area contributed by atoms with E-state index in [1.54, 1.807) is 6.07 Å². The monoisotopic (exact) mass is 299 g/mol. The number of hydrogen-bond donors (Lipinski definition) is 2. The van der Waals surface area contributed by atoms with Gasteiger partial charge in [0, 0.05) is 6.42 Å². The van der Waals surface area contributed by atoms with Gasteiger partial charge in [-0.15, -0.1) is 0 Å². The van der Waals surface area contributed by atoms with Crippen LogP contribution in [0.4, 0.5) is 0 Å².